The molecular weight excluding hydrogens is 331 g/mol. The van der Waals surface area contributed by atoms with E-state index in [2.05, 4.69) is 27.9 Å². The smallest absolute Gasteiger partial charge is 0.241 e. The number of benzene rings is 1. The van der Waals surface area contributed by atoms with Crippen molar-refractivity contribution in [2.75, 3.05) is 19.0 Å². The number of amides is 1. The standard InChI is InChI=1S/C12H17IN2O2/c1-17-7-3-6-11(14)12(16)15-10-5-2-4-9(13)8-10/h2,4-5,8,11H,3,6-7,14H2,1H3,(H,15,16). The van der Waals surface area contributed by atoms with Gasteiger partial charge in [0.1, 0.15) is 0 Å². The van der Waals surface area contributed by atoms with E-state index in [-0.39, 0.29) is 5.91 Å². The molecule has 17 heavy (non-hydrogen) atoms. The van der Waals surface area contributed by atoms with Crippen LogP contribution in [0.25, 0.3) is 0 Å². The number of rotatable bonds is 6. The summed E-state index contributed by atoms with van der Waals surface area (Å²) in [6.07, 6.45) is 1.42. The van der Waals surface area contributed by atoms with Gasteiger partial charge in [-0.25, -0.2) is 0 Å². The van der Waals surface area contributed by atoms with Gasteiger partial charge >= 0.3 is 0 Å². The van der Waals surface area contributed by atoms with Crippen molar-refractivity contribution < 1.29 is 9.53 Å². The molecule has 0 radical (unpaired) electrons. The van der Waals surface area contributed by atoms with Crippen LogP contribution in [-0.4, -0.2) is 25.7 Å². The molecule has 0 heterocycles. The molecule has 0 aliphatic carbocycles. The van der Waals surface area contributed by atoms with Crippen LogP contribution >= 0.6 is 22.6 Å². The van der Waals surface area contributed by atoms with Crippen molar-refractivity contribution in [1.82, 2.24) is 0 Å². The van der Waals surface area contributed by atoms with E-state index in [4.69, 9.17) is 10.5 Å². The maximum Gasteiger partial charge on any atom is 0.241 e. The number of methoxy groups -OCH3 is 1. The zero-order valence-corrected chi connectivity index (χ0v) is 11.9. The van der Waals surface area contributed by atoms with Crippen LogP contribution in [-0.2, 0) is 9.53 Å². The van der Waals surface area contributed by atoms with Crippen molar-refractivity contribution in [2.24, 2.45) is 5.73 Å². The summed E-state index contributed by atoms with van der Waals surface area (Å²) >= 11 is 2.20. The minimum atomic E-state index is -0.483. The number of nitrogens with two attached hydrogens (primary N) is 1. The van der Waals surface area contributed by atoms with E-state index in [1.54, 1.807) is 7.11 Å². The molecule has 1 amide bonds. The maximum atomic E-state index is 11.7. The van der Waals surface area contributed by atoms with Crippen LogP contribution in [0, 0.1) is 3.57 Å². The van der Waals surface area contributed by atoms with Crippen LogP contribution in [0.1, 0.15) is 12.8 Å². The van der Waals surface area contributed by atoms with E-state index >= 15 is 0 Å². The average molecular weight is 348 g/mol. The largest absolute Gasteiger partial charge is 0.385 e. The van der Waals surface area contributed by atoms with E-state index in [1.807, 2.05) is 24.3 Å². The number of carbonyl (C=O) groups is 1. The topological polar surface area (TPSA) is 64.3 Å². The molecule has 0 aliphatic rings. The van der Waals surface area contributed by atoms with Crippen LogP contribution in [0.5, 0.6) is 0 Å². The first-order valence-electron chi connectivity index (χ1n) is 5.44. The third-order valence-electron chi connectivity index (χ3n) is 2.29. The summed E-state index contributed by atoms with van der Waals surface area (Å²) in [7, 11) is 1.64. The average Bonchev–Trinajstić information content (AvgIpc) is 2.29. The van der Waals surface area contributed by atoms with E-state index in [9.17, 15) is 4.79 Å². The summed E-state index contributed by atoms with van der Waals surface area (Å²) < 4.78 is 5.99. The molecule has 1 aromatic carbocycles. The molecule has 4 nitrogen and oxygen atoms in total. The predicted octanol–water partition coefficient (Wildman–Crippen LogP) is 1.98. The SMILES string of the molecule is COCCCC(N)C(=O)Nc1cccc(I)c1. The van der Waals surface area contributed by atoms with Gasteiger partial charge in [-0.3, -0.25) is 4.79 Å². The lowest BCUT2D eigenvalue weighted by atomic mass is 10.1. The van der Waals surface area contributed by atoms with E-state index in [0.29, 0.717) is 13.0 Å². The molecule has 1 rings (SSSR count). The summed E-state index contributed by atoms with van der Waals surface area (Å²) in [6, 6.07) is 7.13. The molecule has 0 aromatic heterocycles. The number of halogens is 1. The molecule has 0 aliphatic heterocycles. The Kier molecular flexibility index (Phi) is 6.46. The molecule has 0 spiro atoms. The van der Waals surface area contributed by atoms with Gasteiger partial charge in [-0.2, -0.15) is 0 Å². The van der Waals surface area contributed by atoms with Crippen LogP contribution in [0.15, 0.2) is 24.3 Å². The molecule has 1 unspecified atom stereocenters. The summed E-state index contributed by atoms with van der Waals surface area (Å²) in [5, 5.41) is 2.80. The second kappa shape index (κ2) is 7.62. The van der Waals surface area contributed by atoms with Crippen LogP contribution in [0.3, 0.4) is 0 Å². The molecule has 1 aromatic rings. The van der Waals surface area contributed by atoms with Gasteiger partial charge in [0, 0.05) is 23.0 Å². The van der Waals surface area contributed by atoms with Gasteiger partial charge in [0.15, 0.2) is 0 Å². The number of anilines is 1. The highest BCUT2D eigenvalue weighted by Gasteiger charge is 2.12. The van der Waals surface area contributed by atoms with Crippen LogP contribution < -0.4 is 11.1 Å². The van der Waals surface area contributed by atoms with Crippen molar-refractivity contribution in [1.29, 1.82) is 0 Å². The highest BCUT2D eigenvalue weighted by molar-refractivity contribution is 14.1. The van der Waals surface area contributed by atoms with Crippen molar-refractivity contribution in [3.05, 3.63) is 27.8 Å². The van der Waals surface area contributed by atoms with Crippen molar-refractivity contribution >= 4 is 34.2 Å². The molecule has 94 valence electrons. The Labute approximate surface area is 115 Å². The van der Waals surface area contributed by atoms with Gasteiger partial charge in [0.25, 0.3) is 0 Å². The van der Waals surface area contributed by atoms with Gasteiger partial charge in [0.05, 0.1) is 6.04 Å². The third-order valence-corrected chi connectivity index (χ3v) is 2.96. The van der Waals surface area contributed by atoms with Crippen LogP contribution in [0.4, 0.5) is 5.69 Å². The van der Waals surface area contributed by atoms with Gasteiger partial charge in [0.2, 0.25) is 5.91 Å². The minimum Gasteiger partial charge on any atom is -0.385 e. The lowest BCUT2D eigenvalue weighted by Crippen LogP contribution is -2.35. The second-order valence-electron chi connectivity index (χ2n) is 3.74. The Morgan fingerprint density at radius 3 is 3.00 bits per heavy atom. The molecular formula is C12H17IN2O2. The lowest BCUT2D eigenvalue weighted by Gasteiger charge is -2.12. The third kappa shape index (κ3) is 5.47. The van der Waals surface area contributed by atoms with E-state index in [1.165, 1.54) is 0 Å². The first kappa shape index (κ1) is 14.4. The Morgan fingerprint density at radius 1 is 1.59 bits per heavy atom. The minimum absolute atomic E-state index is 0.150. The molecule has 0 saturated carbocycles. The molecule has 0 fully saturated rings. The molecule has 1 atom stereocenters. The Balaban J connectivity index is 2.43. The summed E-state index contributed by atoms with van der Waals surface area (Å²) in [4.78, 5) is 11.7. The number of ether oxygens (including phenoxy) is 1. The van der Waals surface area contributed by atoms with E-state index in [0.717, 1.165) is 15.7 Å². The number of hydrogen-bond donors (Lipinski definition) is 2. The fourth-order valence-electron chi connectivity index (χ4n) is 1.38. The maximum absolute atomic E-state index is 11.7. The summed E-state index contributed by atoms with van der Waals surface area (Å²) in [6.45, 7) is 0.629. The summed E-state index contributed by atoms with van der Waals surface area (Å²) in [5.41, 5.74) is 6.56. The zero-order valence-electron chi connectivity index (χ0n) is 9.78. The number of nitrogens with one attached hydrogen (secondary N) is 1. The van der Waals surface area contributed by atoms with Gasteiger partial charge in [-0.1, -0.05) is 6.07 Å². The lowest BCUT2D eigenvalue weighted by molar-refractivity contribution is -0.117. The van der Waals surface area contributed by atoms with Crippen molar-refractivity contribution in [3.63, 3.8) is 0 Å². The molecule has 0 saturated heterocycles. The highest BCUT2D eigenvalue weighted by atomic mass is 127. The molecule has 3 N–H and O–H groups in total. The van der Waals surface area contributed by atoms with Crippen LogP contribution in [0.2, 0.25) is 0 Å². The predicted molar refractivity (Wildman–Crippen MR) is 76.9 cm³/mol. The Hall–Kier alpha value is -0.660. The van der Waals surface area contributed by atoms with Gasteiger partial charge < -0.3 is 15.8 Å². The van der Waals surface area contributed by atoms with Crippen molar-refractivity contribution in [2.45, 2.75) is 18.9 Å². The second-order valence-corrected chi connectivity index (χ2v) is 4.99. The first-order valence-corrected chi connectivity index (χ1v) is 6.52. The summed E-state index contributed by atoms with van der Waals surface area (Å²) in [5.74, 6) is -0.150. The Morgan fingerprint density at radius 2 is 2.35 bits per heavy atom. The van der Waals surface area contributed by atoms with Gasteiger partial charge in [-0.15, -0.1) is 0 Å². The quantitative estimate of drug-likeness (QED) is 0.610. The van der Waals surface area contributed by atoms with Gasteiger partial charge in [-0.05, 0) is 53.6 Å². The molecule has 5 heteroatoms. The number of hydrogen-bond acceptors (Lipinski definition) is 3. The monoisotopic (exact) mass is 348 g/mol. The Bertz CT molecular complexity index is 371. The fourth-order valence-corrected chi connectivity index (χ4v) is 1.92. The van der Waals surface area contributed by atoms with Crippen molar-refractivity contribution in [3.8, 4) is 0 Å². The van der Waals surface area contributed by atoms with E-state index < -0.39 is 6.04 Å². The zero-order chi connectivity index (χ0) is 12.7. The molecule has 0 bridgehead atoms. The number of carbonyl (C=O) groups excluding carboxylic acids is 1. The normalized spacial score (nSPS) is 12.2. The fraction of sp³-hybridized carbons (Fsp3) is 0.417. The first-order chi connectivity index (χ1) is 8.13. The highest BCUT2D eigenvalue weighted by Crippen LogP contribution is 2.12.